The van der Waals surface area contributed by atoms with Gasteiger partial charge in [0.2, 0.25) is 21.8 Å². The second-order valence-electron chi connectivity index (χ2n) is 7.59. The predicted molar refractivity (Wildman–Crippen MR) is 115 cm³/mol. The van der Waals surface area contributed by atoms with Gasteiger partial charge in [0.15, 0.2) is 0 Å². The number of hydrogen-bond acceptors (Lipinski definition) is 6. The van der Waals surface area contributed by atoms with Crippen LogP contribution in [0.4, 0.5) is 0 Å². The molecule has 0 bridgehead atoms. The Labute approximate surface area is 187 Å². The van der Waals surface area contributed by atoms with Crippen molar-refractivity contribution in [1.29, 1.82) is 0 Å². The first kappa shape index (κ1) is 23.9. The van der Waals surface area contributed by atoms with E-state index in [4.69, 9.17) is 21.1 Å². The van der Waals surface area contributed by atoms with Gasteiger partial charge in [0.25, 0.3) is 0 Å². The standard InChI is InChI=1S/C20H28ClN3O6S/c1-29-14-18(20(26)23-9-11-30-12-10-23)24-8-6-17(19(24)25)22-31(27,28)13-7-15-2-4-16(21)5-3-15/h2-5,17-18,22H,6-14H2,1H3/t17-,18-/m0/s1. The predicted octanol–water partition coefficient (Wildman–Crippen LogP) is 0.277. The van der Waals surface area contributed by atoms with Gasteiger partial charge in [-0.15, -0.1) is 0 Å². The number of rotatable bonds is 9. The fraction of sp³-hybridized carbons (Fsp3) is 0.600. The van der Waals surface area contributed by atoms with Gasteiger partial charge in [-0.25, -0.2) is 13.1 Å². The number of ether oxygens (including phenoxy) is 2. The summed E-state index contributed by atoms with van der Waals surface area (Å²) >= 11 is 5.85. The zero-order valence-electron chi connectivity index (χ0n) is 17.5. The van der Waals surface area contributed by atoms with E-state index in [0.717, 1.165) is 5.56 Å². The number of benzene rings is 1. The SMILES string of the molecule is COC[C@@H](C(=O)N1CCOCC1)N1CC[C@H](NS(=O)(=O)CCc2ccc(Cl)cc2)C1=O. The van der Waals surface area contributed by atoms with Crippen molar-refractivity contribution in [2.45, 2.75) is 24.9 Å². The molecule has 0 aliphatic carbocycles. The van der Waals surface area contributed by atoms with Crippen molar-refractivity contribution in [3.8, 4) is 0 Å². The Morgan fingerprint density at radius 2 is 1.94 bits per heavy atom. The number of morpholine rings is 1. The van der Waals surface area contributed by atoms with Gasteiger partial charge in [-0.1, -0.05) is 23.7 Å². The van der Waals surface area contributed by atoms with Crippen LogP contribution < -0.4 is 4.72 Å². The van der Waals surface area contributed by atoms with Crippen LogP contribution in [0.2, 0.25) is 5.02 Å². The molecule has 2 saturated heterocycles. The molecule has 1 aromatic rings. The number of likely N-dealkylation sites (tertiary alicyclic amines) is 1. The monoisotopic (exact) mass is 473 g/mol. The van der Waals surface area contributed by atoms with E-state index < -0.39 is 28.0 Å². The fourth-order valence-electron chi connectivity index (χ4n) is 3.75. The lowest BCUT2D eigenvalue weighted by Gasteiger charge is -2.34. The summed E-state index contributed by atoms with van der Waals surface area (Å²) in [6.45, 7) is 2.17. The Morgan fingerprint density at radius 3 is 2.58 bits per heavy atom. The molecule has 1 N–H and O–H groups in total. The molecule has 0 aromatic heterocycles. The van der Waals surface area contributed by atoms with Crippen LogP contribution in [0.25, 0.3) is 0 Å². The topological polar surface area (TPSA) is 105 Å². The number of carbonyl (C=O) groups excluding carboxylic acids is 2. The molecule has 9 nitrogen and oxygen atoms in total. The van der Waals surface area contributed by atoms with E-state index in [2.05, 4.69) is 4.72 Å². The molecule has 2 heterocycles. The molecule has 2 aliphatic heterocycles. The second-order valence-corrected chi connectivity index (χ2v) is 9.90. The summed E-state index contributed by atoms with van der Waals surface area (Å²) in [6, 6.07) is 5.29. The molecule has 0 spiro atoms. The van der Waals surface area contributed by atoms with Crippen LogP contribution in [0.15, 0.2) is 24.3 Å². The highest BCUT2D eigenvalue weighted by atomic mass is 35.5. The van der Waals surface area contributed by atoms with Gasteiger partial charge in [-0.3, -0.25) is 9.59 Å². The van der Waals surface area contributed by atoms with Crippen molar-refractivity contribution in [3.63, 3.8) is 0 Å². The summed E-state index contributed by atoms with van der Waals surface area (Å²) in [7, 11) is -2.21. The molecule has 31 heavy (non-hydrogen) atoms. The first-order valence-corrected chi connectivity index (χ1v) is 12.2. The van der Waals surface area contributed by atoms with Crippen LogP contribution in [0.5, 0.6) is 0 Å². The molecule has 3 rings (SSSR count). The summed E-state index contributed by atoms with van der Waals surface area (Å²) in [5.74, 6) is -0.754. The molecule has 2 atom stereocenters. The number of hydrogen-bond donors (Lipinski definition) is 1. The number of nitrogens with zero attached hydrogens (tertiary/aromatic N) is 2. The highest BCUT2D eigenvalue weighted by Gasteiger charge is 2.41. The third-order valence-electron chi connectivity index (χ3n) is 5.44. The first-order chi connectivity index (χ1) is 14.8. The van der Waals surface area contributed by atoms with E-state index in [-0.39, 0.29) is 24.8 Å². The number of nitrogens with one attached hydrogen (secondary N) is 1. The lowest BCUT2D eigenvalue weighted by molar-refractivity contribution is -0.148. The summed E-state index contributed by atoms with van der Waals surface area (Å²) in [6.07, 6.45) is 0.606. The number of carbonyl (C=O) groups is 2. The van der Waals surface area contributed by atoms with Crippen molar-refractivity contribution in [2.75, 3.05) is 52.3 Å². The Kier molecular flexibility index (Phi) is 8.29. The lowest BCUT2D eigenvalue weighted by Crippen LogP contribution is -2.55. The number of sulfonamides is 1. The van der Waals surface area contributed by atoms with Gasteiger partial charge in [0, 0.05) is 31.8 Å². The zero-order chi connectivity index (χ0) is 22.4. The quantitative estimate of drug-likeness (QED) is 0.552. The lowest BCUT2D eigenvalue weighted by atomic mass is 10.2. The highest BCUT2D eigenvalue weighted by Crippen LogP contribution is 2.19. The van der Waals surface area contributed by atoms with E-state index in [1.165, 1.54) is 12.0 Å². The molecule has 11 heteroatoms. The van der Waals surface area contributed by atoms with Gasteiger partial charge >= 0.3 is 0 Å². The molecule has 1 aromatic carbocycles. The number of amides is 2. The van der Waals surface area contributed by atoms with E-state index in [1.54, 1.807) is 29.2 Å². The molecule has 0 unspecified atom stereocenters. The van der Waals surface area contributed by atoms with E-state index in [0.29, 0.717) is 44.2 Å². The van der Waals surface area contributed by atoms with E-state index in [9.17, 15) is 18.0 Å². The van der Waals surface area contributed by atoms with Crippen LogP contribution in [0, 0.1) is 0 Å². The van der Waals surface area contributed by atoms with Crippen molar-refractivity contribution in [2.24, 2.45) is 0 Å². The van der Waals surface area contributed by atoms with Crippen LogP contribution in [-0.2, 0) is 35.5 Å². The maximum atomic E-state index is 12.9. The van der Waals surface area contributed by atoms with E-state index >= 15 is 0 Å². The molecule has 2 aliphatic rings. The second kappa shape index (κ2) is 10.7. The van der Waals surface area contributed by atoms with Gasteiger partial charge in [-0.05, 0) is 30.5 Å². The minimum atomic E-state index is -3.68. The van der Waals surface area contributed by atoms with Gasteiger partial charge in [0.05, 0.1) is 25.6 Å². The van der Waals surface area contributed by atoms with Crippen molar-refractivity contribution in [1.82, 2.24) is 14.5 Å². The minimum absolute atomic E-state index is 0.0535. The number of halogens is 1. The van der Waals surface area contributed by atoms with Gasteiger partial charge < -0.3 is 19.3 Å². The van der Waals surface area contributed by atoms with Gasteiger partial charge in [-0.2, -0.15) is 0 Å². The van der Waals surface area contributed by atoms with Crippen LogP contribution in [0.3, 0.4) is 0 Å². The molecule has 172 valence electrons. The van der Waals surface area contributed by atoms with Crippen LogP contribution >= 0.6 is 11.6 Å². The maximum Gasteiger partial charge on any atom is 0.247 e. The fourth-order valence-corrected chi connectivity index (χ4v) is 5.15. The molecular formula is C20H28ClN3O6S. The van der Waals surface area contributed by atoms with Crippen molar-refractivity contribution < 1.29 is 27.5 Å². The zero-order valence-corrected chi connectivity index (χ0v) is 19.0. The Bertz CT molecular complexity index is 873. The average molecular weight is 474 g/mol. The van der Waals surface area contributed by atoms with Crippen molar-refractivity contribution in [3.05, 3.63) is 34.9 Å². The summed E-state index contributed by atoms with van der Waals surface area (Å²) in [4.78, 5) is 29.0. The maximum absolute atomic E-state index is 12.9. The number of methoxy groups -OCH3 is 1. The summed E-state index contributed by atoms with van der Waals surface area (Å²) < 4.78 is 38.0. The molecular weight excluding hydrogens is 446 g/mol. The van der Waals surface area contributed by atoms with Crippen molar-refractivity contribution >= 4 is 33.4 Å². The molecule has 0 saturated carbocycles. The average Bonchev–Trinajstić information content (AvgIpc) is 3.11. The Hall–Kier alpha value is -1.72. The molecule has 2 amide bonds. The van der Waals surface area contributed by atoms with Crippen LogP contribution in [0.1, 0.15) is 12.0 Å². The minimum Gasteiger partial charge on any atom is -0.382 e. The van der Waals surface area contributed by atoms with Crippen LogP contribution in [-0.4, -0.2) is 94.4 Å². The number of aryl methyl sites for hydroxylation is 1. The molecule has 2 fully saturated rings. The summed E-state index contributed by atoms with van der Waals surface area (Å²) in [5, 5.41) is 0.582. The third-order valence-corrected chi connectivity index (χ3v) is 7.08. The Morgan fingerprint density at radius 1 is 1.26 bits per heavy atom. The highest BCUT2D eigenvalue weighted by molar-refractivity contribution is 7.89. The largest absolute Gasteiger partial charge is 0.382 e. The Balaban J connectivity index is 1.60. The van der Waals surface area contributed by atoms with E-state index in [1.807, 2.05) is 0 Å². The summed E-state index contributed by atoms with van der Waals surface area (Å²) in [5.41, 5.74) is 0.838. The smallest absolute Gasteiger partial charge is 0.247 e. The first-order valence-electron chi connectivity index (χ1n) is 10.2. The molecule has 0 radical (unpaired) electrons. The normalized spacial score (nSPS) is 20.8. The van der Waals surface area contributed by atoms with Gasteiger partial charge in [0.1, 0.15) is 12.1 Å². The third kappa shape index (κ3) is 6.39.